The molecule has 2 aromatic rings. The number of fused-ring (bicyclic) bond motifs is 1. The monoisotopic (exact) mass is 232 g/mol. The van der Waals surface area contributed by atoms with E-state index in [0.29, 0.717) is 11.7 Å². The Balaban J connectivity index is 1.91. The number of nitrogens with two attached hydrogens (primary N) is 1. The number of aromatic amines is 1. The molecule has 0 spiro atoms. The first-order chi connectivity index (χ1) is 8.22. The van der Waals surface area contributed by atoms with Gasteiger partial charge in [-0.3, -0.25) is 5.10 Å². The van der Waals surface area contributed by atoms with Crippen LogP contribution in [0.1, 0.15) is 26.2 Å². The Hall–Kier alpha value is -1.85. The zero-order valence-electron chi connectivity index (χ0n) is 9.77. The second kappa shape index (κ2) is 3.87. The van der Waals surface area contributed by atoms with Gasteiger partial charge in [0.25, 0.3) is 0 Å². The van der Waals surface area contributed by atoms with Crippen molar-refractivity contribution in [2.75, 3.05) is 11.1 Å². The van der Waals surface area contributed by atoms with Crippen LogP contribution in [0.15, 0.2) is 6.20 Å². The number of hydrogen-bond donors (Lipinski definition) is 3. The molecule has 2 aromatic heterocycles. The van der Waals surface area contributed by atoms with E-state index in [2.05, 4.69) is 32.4 Å². The Labute approximate surface area is 99.0 Å². The molecule has 3 rings (SSSR count). The van der Waals surface area contributed by atoms with E-state index in [1.807, 2.05) is 0 Å². The fraction of sp³-hybridized carbons (Fsp3) is 0.545. The quantitative estimate of drug-likeness (QED) is 0.730. The Morgan fingerprint density at radius 3 is 3.06 bits per heavy atom. The maximum absolute atomic E-state index is 5.68. The highest BCUT2D eigenvalue weighted by Gasteiger charge is 2.22. The lowest BCUT2D eigenvalue weighted by atomic mass is 10.1. The first kappa shape index (κ1) is 10.3. The van der Waals surface area contributed by atoms with Gasteiger partial charge < -0.3 is 11.1 Å². The summed E-state index contributed by atoms with van der Waals surface area (Å²) in [6.45, 7) is 2.28. The summed E-state index contributed by atoms with van der Waals surface area (Å²) in [5, 5.41) is 11.1. The zero-order valence-corrected chi connectivity index (χ0v) is 9.77. The molecule has 0 amide bonds. The van der Waals surface area contributed by atoms with Crippen molar-refractivity contribution >= 4 is 22.8 Å². The molecule has 0 aromatic carbocycles. The van der Waals surface area contributed by atoms with E-state index in [1.165, 1.54) is 19.3 Å². The first-order valence-corrected chi connectivity index (χ1v) is 5.95. The number of nitrogens with zero attached hydrogens (tertiary/aromatic N) is 3. The maximum Gasteiger partial charge on any atom is 0.224 e. The van der Waals surface area contributed by atoms with E-state index < -0.39 is 0 Å². The van der Waals surface area contributed by atoms with Crippen LogP contribution in [0.5, 0.6) is 0 Å². The standard InChI is InChI=1S/C11H16N6/c1-6-2-3-7(4-6)14-9-8-5-13-17-10(8)16-11(12)15-9/h5-7H,2-4H2,1H3,(H4,12,13,14,15,16,17). The summed E-state index contributed by atoms with van der Waals surface area (Å²) in [4.78, 5) is 8.35. The number of anilines is 2. The lowest BCUT2D eigenvalue weighted by Crippen LogP contribution is -2.17. The number of nitrogen functional groups attached to an aromatic ring is 1. The molecule has 1 aliphatic rings. The molecular formula is C11H16N6. The van der Waals surface area contributed by atoms with Gasteiger partial charge in [-0.05, 0) is 25.2 Å². The Kier molecular flexibility index (Phi) is 2.35. The molecule has 17 heavy (non-hydrogen) atoms. The second-order valence-electron chi connectivity index (χ2n) is 4.82. The van der Waals surface area contributed by atoms with E-state index in [1.54, 1.807) is 6.20 Å². The van der Waals surface area contributed by atoms with Crippen molar-refractivity contribution in [1.82, 2.24) is 20.2 Å². The molecule has 0 saturated heterocycles. The maximum atomic E-state index is 5.68. The van der Waals surface area contributed by atoms with Gasteiger partial charge in [-0.15, -0.1) is 0 Å². The van der Waals surface area contributed by atoms with Crippen molar-refractivity contribution in [2.24, 2.45) is 5.92 Å². The Bertz CT molecular complexity index is 534. The molecule has 0 aliphatic heterocycles. The van der Waals surface area contributed by atoms with E-state index in [9.17, 15) is 0 Å². The highest BCUT2D eigenvalue weighted by molar-refractivity contribution is 5.86. The predicted octanol–water partition coefficient (Wildman–Crippen LogP) is 1.54. The summed E-state index contributed by atoms with van der Waals surface area (Å²) in [6.07, 6.45) is 5.37. The smallest absolute Gasteiger partial charge is 0.224 e. The fourth-order valence-electron chi connectivity index (χ4n) is 2.49. The molecule has 2 atom stereocenters. The molecule has 90 valence electrons. The van der Waals surface area contributed by atoms with Gasteiger partial charge in [0.2, 0.25) is 5.95 Å². The van der Waals surface area contributed by atoms with Crippen LogP contribution in [0.2, 0.25) is 0 Å². The van der Waals surface area contributed by atoms with Gasteiger partial charge in [0.05, 0.1) is 11.6 Å². The number of nitrogens with one attached hydrogen (secondary N) is 2. The number of rotatable bonds is 2. The minimum Gasteiger partial charge on any atom is -0.368 e. The van der Waals surface area contributed by atoms with Crippen molar-refractivity contribution in [1.29, 1.82) is 0 Å². The third-order valence-electron chi connectivity index (χ3n) is 3.36. The molecular weight excluding hydrogens is 216 g/mol. The van der Waals surface area contributed by atoms with Crippen molar-refractivity contribution in [3.05, 3.63) is 6.20 Å². The van der Waals surface area contributed by atoms with E-state index in [4.69, 9.17) is 5.73 Å². The molecule has 1 fully saturated rings. The van der Waals surface area contributed by atoms with Gasteiger partial charge >= 0.3 is 0 Å². The minimum absolute atomic E-state index is 0.273. The van der Waals surface area contributed by atoms with Gasteiger partial charge in [0.1, 0.15) is 5.82 Å². The summed E-state index contributed by atoms with van der Waals surface area (Å²) in [7, 11) is 0. The third kappa shape index (κ3) is 1.90. The lowest BCUT2D eigenvalue weighted by Gasteiger charge is -2.13. The largest absolute Gasteiger partial charge is 0.368 e. The van der Waals surface area contributed by atoms with Crippen LogP contribution in [-0.4, -0.2) is 26.2 Å². The highest BCUT2D eigenvalue weighted by Crippen LogP contribution is 2.29. The molecule has 1 aliphatic carbocycles. The fourth-order valence-corrected chi connectivity index (χ4v) is 2.49. The summed E-state index contributed by atoms with van der Waals surface area (Å²) in [5.74, 6) is 1.85. The molecule has 2 heterocycles. The molecule has 0 radical (unpaired) electrons. The molecule has 1 saturated carbocycles. The summed E-state index contributed by atoms with van der Waals surface area (Å²) < 4.78 is 0. The van der Waals surface area contributed by atoms with E-state index in [-0.39, 0.29) is 5.95 Å². The van der Waals surface area contributed by atoms with Gasteiger partial charge in [-0.25, -0.2) is 0 Å². The van der Waals surface area contributed by atoms with Crippen LogP contribution in [0.4, 0.5) is 11.8 Å². The van der Waals surface area contributed by atoms with Crippen molar-refractivity contribution in [3.8, 4) is 0 Å². The van der Waals surface area contributed by atoms with Crippen LogP contribution >= 0.6 is 0 Å². The zero-order chi connectivity index (χ0) is 11.8. The van der Waals surface area contributed by atoms with Crippen LogP contribution < -0.4 is 11.1 Å². The molecule has 6 nitrogen and oxygen atoms in total. The highest BCUT2D eigenvalue weighted by atomic mass is 15.2. The summed E-state index contributed by atoms with van der Waals surface area (Å²) in [6, 6.07) is 0.484. The van der Waals surface area contributed by atoms with Gasteiger partial charge in [0.15, 0.2) is 5.65 Å². The molecule has 0 bridgehead atoms. The van der Waals surface area contributed by atoms with E-state index >= 15 is 0 Å². The topological polar surface area (TPSA) is 92.5 Å². The second-order valence-corrected chi connectivity index (χ2v) is 4.82. The van der Waals surface area contributed by atoms with Crippen LogP contribution in [0.3, 0.4) is 0 Å². The average Bonchev–Trinajstić information content (AvgIpc) is 2.87. The molecule has 2 unspecified atom stereocenters. The first-order valence-electron chi connectivity index (χ1n) is 5.95. The summed E-state index contributed by atoms with van der Waals surface area (Å²) in [5.41, 5.74) is 6.36. The Morgan fingerprint density at radius 2 is 2.29 bits per heavy atom. The molecule has 4 N–H and O–H groups in total. The number of aromatic nitrogens is 4. The van der Waals surface area contributed by atoms with Gasteiger partial charge in [-0.2, -0.15) is 15.1 Å². The van der Waals surface area contributed by atoms with Crippen LogP contribution in [0, 0.1) is 5.92 Å². The molecule has 6 heteroatoms. The third-order valence-corrected chi connectivity index (χ3v) is 3.36. The van der Waals surface area contributed by atoms with Gasteiger partial charge in [0, 0.05) is 6.04 Å². The number of H-pyrrole nitrogens is 1. The predicted molar refractivity (Wildman–Crippen MR) is 66.5 cm³/mol. The van der Waals surface area contributed by atoms with Crippen LogP contribution in [-0.2, 0) is 0 Å². The van der Waals surface area contributed by atoms with Crippen LogP contribution in [0.25, 0.3) is 11.0 Å². The Morgan fingerprint density at radius 1 is 1.41 bits per heavy atom. The minimum atomic E-state index is 0.273. The summed E-state index contributed by atoms with van der Waals surface area (Å²) >= 11 is 0. The van der Waals surface area contributed by atoms with E-state index in [0.717, 1.165) is 17.1 Å². The SMILES string of the molecule is CC1CCC(Nc2nc(N)nc3[nH]ncc23)C1. The van der Waals surface area contributed by atoms with Gasteiger partial charge in [-0.1, -0.05) is 6.92 Å². The van der Waals surface area contributed by atoms with Crippen molar-refractivity contribution in [3.63, 3.8) is 0 Å². The lowest BCUT2D eigenvalue weighted by molar-refractivity contribution is 0.602. The number of hydrogen-bond acceptors (Lipinski definition) is 5. The normalized spacial score (nSPS) is 24.3. The van der Waals surface area contributed by atoms with Crippen molar-refractivity contribution in [2.45, 2.75) is 32.2 Å². The average molecular weight is 232 g/mol. The van der Waals surface area contributed by atoms with Crippen molar-refractivity contribution < 1.29 is 0 Å².